The molecule has 1 atom stereocenters. The molecule has 0 aliphatic carbocycles. The van der Waals surface area contributed by atoms with Crippen molar-refractivity contribution in [1.82, 2.24) is 9.71 Å². The van der Waals surface area contributed by atoms with Crippen LogP contribution in [-0.4, -0.2) is 30.5 Å². The van der Waals surface area contributed by atoms with Crippen LogP contribution in [0.15, 0.2) is 53.6 Å². The highest BCUT2D eigenvalue weighted by atomic mass is 32.2. The molecular weight excluding hydrogens is 359 g/mol. The van der Waals surface area contributed by atoms with Gasteiger partial charge in [-0.05, 0) is 42.3 Å². The topological polar surface area (TPSA) is 99.3 Å². The van der Waals surface area contributed by atoms with Crippen LogP contribution >= 0.6 is 0 Å². The van der Waals surface area contributed by atoms with Crippen LogP contribution in [0.5, 0.6) is 0 Å². The molecule has 3 N–H and O–H groups in total. The predicted octanol–water partition coefficient (Wildman–Crippen LogP) is 2.59. The van der Waals surface area contributed by atoms with Crippen LogP contribution in [0.1, 0.15) is 11.1 Å². The molecule has 26 heavy (non-hydrogen) atoms. The molecule has 0 amide bonds. The molecule has 0 spiro atoms. The summed E-state index contributed by atoms with van der Waals surface area (Å²) in [7, 11) is -4.11. The van der Waals surface area contributed by atoms with Gasteiger partial charge in [0.15, 0.2) is 0 Å². The van der Waals surface area contributed by atoms with E-state index in [9.17, 15) is 22.7 Å². The average molecular weight is 376 g/mol. The minimum atomic E-state index is -4.11. The summed E-state index contributed by atoms with van der Waals surface area (Å²) in [6, 6.07) is 9.30. The van der Waals surface area contributed by atoms with E-state index in [2.05, 4.69) is 9.71 Å². The van der Waals surface area contributed by atoms with Crippen molar-refractivity contribution in [2.24, 2.45) is 0 Å². The number of aromatic amines is 1. The molecular formula is C18H17FN2O4S. The SMILES string of the molecule is Cc1cc(S(=O)(=O)N[C@@H](Cc2c[nH]c3ccccc23)C(=O)O)ccc1F. The fourth-order valence-electron chi connectivity index (χ4n) is 2.74. The van der Waals surface area contributed by atoms with E-state index in [0.29, 0.717) is 5.56 Å². The maximum Gasteiger partial charge on any atom is 0.322 e. The van der Waals surface area contributed by atoms with Crippen molar-refractivity contribution in [3.05, 3.63) is 65.6 Å². The first-order valence-electron chi connectivity index (χ1n) is 7.84. The Balaban J connectivity index is 1.88. The first-order chi connectivity index (χ1) is 12.3. The largest absolute Gasteiger partial charge is 0.480 e. The van der Waals surface area contributed by atoms with Crippen LogP contribution in [0.25, 0.3) is 10.9 Å². The van der Waals surface area contributed by atoms with Crippen LogP contribution in [0, 0.1) is 12.7 Å². The van der Waals surface area contributed by atoms with Crippen LogP contribution in [0.2, 0.25) is 0 Å². The Morgan fingerprint density at radius 2 is 2.00 bits per heavy atom. The molecule has 0 saturated carbocycles. The lowest BCUT2D eigenvalue weighted by Crippen LogP contribution is -2.42. The highest BCUT2D eigenvalue weighted by Gasteiger charge is 2.27. The normalized spacial score (nSPS) is 13.0. The summed E-state index contributed by atoms with van der Waals surface area (Å²) in [5, 5.41) is 10.3. The molecule has 6 nitrogen and oxygen atoms in total. The lowest BCUT2D eigenvalue weighted by atomic mass is 10.1. The summed E-state index contributed by atoms with van der Waals surface area (Å²) >= 11 is 0. The average Bonchev–Trinajstić information content (AvgIpc) is 2.99. The van der Waals surface area contributed by atoms with Gasteiger partial charge in [-0.1, -0.05) is 18.2 Å². The first-order valence-corrected chi connectivity index (χ1v) is 9.32. The van der Waals surface area contributed by atoms with Gasteiger partial charge in [-0.15, -0.1) is 0 Å². The Labute approximate surface area is 149 Å². The summed E-state index contributed by atoms with van der Waals surface area (Å²) in [5.74, 6) is -1.82. The second-order valence-electron chi connectivity index (χ2n) is 5.99. The Bertz CT molecular complexity index is 1080. The van der Waals surface area contributed by atoms with Crippen molar-refractivity contribution in [2.75, 3.05) is 0 Å². The van der Waals surface area contributed by atoms with Crippen molar-refractivity contribution in [1.29, 1.82) is 0 Å². The van der Waals surface area contributed by atoms with Gasteiger partial charge in [0.1, 0.15) is 11.9 Å². The minimum Gasteiger partial charge on any atom is -0.480 e. The molecule has 3 aromatic rings. The third kappa shape index (κ3) is 3.61. The third-order valence-electron chi connectivity index (χ3n) is 4.13. The van der Waals surface area contributed by atoms with E-state index < -0.39 is 27.9 Å². The first kappa shape index (κ1) is 18.1. The number of hydrogen-bond acceptors (Lipinski definition) is 3. The fraction of sp³-hybridized carbons (Fsp3) is 0.167. The number of para-hydroxylation sites is 1. The summed E-state index contributed by atoms with van der Waals surface area (Å²) in [4.78, 5) is 14.4. The number of aliphatic carboxylic acids is 1. The second-order valence-corrected chi connectivity index (χ2v) is 7.70. The zero-order valence-corrected chi connectivity index (χ0v) is 14.7. The minimum absolute atomic E-state index is 0.0290. The van der Waals surface area contributed by atoms with Gasteiger partial charge in [-0.2, -0.15) is 4.72 Å². The third-order valence-corrected chi connectivity index (χ3v) is 5.60. The Morgan fingerprint density at radius 1 is 1.27 bits per heavy atom. The van der Waals surface area contributed by atoms with Gasteiger partial charge in [0.05, 0.1) is 4.90 Å². The molecule has 8 heteroatoms. The van der Waals surface area contributed by atoms with Gasteiger partial charge in [-0.25, -0.2) is 12.8 Å². The number of aromatic nitrogens is 1. The second kappa shape index (κ2) is 6.89. The fourth-order valence-corrected chi connectivity index (χ4v) is 4.01. The Morgan fingerprint density at radius 3 is 2.69 bits per heavy atom. The van der Waals surface area contributed by atoms with Crippen molar-refractivity contribution in [3.8, 4) is 0 Å². The number of rotatable bonds is 6. The highest BCUT2D eigenvalue weighted by Crippen LogP contribution is 2.20. The summed E-state index contributed by atoms with van der Waals surface area (Å²) in [5.41, 5.74) is 1.69. The number of carbonyl (C=O) groups is 1. The van der Waals surface area contributed by atoms with E-state index >= 15 is 0 Å². The van der Waals surface area contributed by atoms with E-state index in [-0.39, 0.29) is 16.9 Å². The van der Waals surface area contributed by atoms with Crippen LogP contribution in [0.4, 0.5) is 4.39 Å². The van der Waals surface area contributed by atoms with Crippen molar-refractivity contribution in [2.45, 2.75) is 24.3 Å². The summed E-state index contributed by atoms with van der Waals surface area (Å²) < 4.78 is 40.6. The molecule has 0 saturated heterocycles. The van der Waals surface area contributed by atoms with Crippen LogP contribution < -0.4 is 4.72 Å². The molecule has 0 aliphatic rings. The van der Waals surface area contributed by atoms with Gasteiger partial charge in [0, 0.05) is 23.5 Å². The zero-order chi connectivity index (χ0) is 18.9. The molecule has 0 fully saturated rings. The number of aryl methyl sites for hydroxylation is 1. The number of fused-ring (bicyclic) bond motifs is 1. The molecule has 136 valence electrons. The summed E-state index contributed by atoms with van der Waals surface area (Å²) in [6.07, 6.45) is 1.63. The number of carboxylic acid groups (broad SMARTS) is 1. The Hall–Kier alpha value is -2.71. The van der Waals surface area contributed by atoms with E-state index in [1.54, 1.807) is 6.20 Å². The number of sulfonamides is 1. The van der Waals surface area contributed by atoms with E-state index in [0.717, 1.165) is 23.0 Å². The molecule has 1 aromatic heterocycles. The Kier molecular flexibility index (Phi) is 4.80. The standard InChI is InChI=1S/C18H17FN2O4S/c1-11-8-13(6-7-15(11)19)26(24,25)21-17(18(22)23)9-12-10-20-16-5-3-2-4-14(12)16/h2-8,10,17,20-21H,9H2,1H3,(H,22,23)/t17-/m0/s1. The van der Waals surface area contributed by atoms with Crippen molar-refractivity contribution < 1.29 is 22.7 Å². The maximum atomic E-state index is 13.4. The lowest BCUT2D eigenvalue weighted by Gasteiger charge is -2.15. The lowest BCUT2D eigenvalue weighted by molar-refractivity contribution is -0.138. The highest BCUT2D eigenvalue weighted by molar-refractivity contribution is 7.89. The zero-order valence-electron chi connectivity index (χ0n) is 13.9. The van der Waals surface area contributed by atoms with Gasteiger partial charge in [0.2, 0.25) is 10.0 Å². The molecule has 3 rings (SSSR count). The van der Waals surface area contributed by atoms with Crippen LogP contribution in [0.3, 0.4) is 0 Å². The van der Waals surface area contributed by atoms with E-state index in [1.165, 1.54) is 13.0 Å². The van der Waals surface area contributed by atoms with Gasteiger partial charge in [0.25, 0.3) is 0 Å². The number of carboxylic acids is 1. The smallest absolute Gasteiger partial charge is 0.322 e. The quantitative estimate of drug-likeness (QED) is 0.616. The van der Waals surface area contributed by atoms with E-state index in [4.69, 9.17) is 0 Å². The monoisotopic (exact) mass is 376 g/mol. The number of benzene rings is 2. The molecule has 0 aliphatic heterocycles. The number of halogens is 1. The number of nitrogens with one attached hydrogen (secondary N) is 2. The van der Waals surface area contributed by atoms with Crippen LogP contribution in [-0.2, 0) is 21.2 Å². The molecule has 0 radical (unpaired) electrons. The number of hydrogen-bond donors (Lipinski definition) is 3. The molecule has 2 aromatic carbocycles. The predicted molar refractivity (Wildman–Crippen MR) is 94.9 cm³/mol. The van der Waals surface area contributed by atoms with E-state index in [1.807, 2.05) is 24.3 Å². The van der Waals surface area contributed by atoms with Gasteiger partial charge >= 0.3 is 5.97 Å². The van der Waals surface area contributed by atoms with Gasteiger partial charge in [-0.3, -0.25) is 4.79 Å². The van der Waals surface area contributed by atoms with Crippen molar-refractivity contribution in [3.63, 3.8) is 0 Å². The van der Waals surface area contributed by atoms with Gasteiger partial charge < -0.3 is 10.1 Å². The molecule has 0 bridgehead atoms. The molecule has 1 heterocycles. The summed E-state index contributed by atoms with van der Waals surface area (Å²) in [6.45, 7) is 1.44. The number of H-pyrrole nitrogens is 1. The van der Waals surface area contributed by atoms with Crippen molar-refractivity contribution >= 4 is 26.9 Å². The molecule has 0 unspecified atom stereocenters. The maximum absolute atomic E-state index is 13.4.